The molecule has 0 N–H and O–H groups in total. The van der Waals surface area contributed by atoms with Crippen molar-refractivity contribution in [3.8, 4) is 17.1 Å². The first-order chi connectivity index (χ1) is 12.4. The predicted octanol–water partition coefficient (Wildman–Crippen LogP) is 2.36. The van der Waals surface area contributed by atoms with E-state index >= 15 is 0 Å². The zero-order chi connectivity index (χ0) is 18.3. The molecule has 0 aromatic carbocycles. The van der Waals surface area contributed by atoms with Crippen LogP contribution in [-0.4, -0.2) is 29.1 Å². The molecule has 0 aliphatic carbocycles. The number of aromatic nitrogens is 6. The first-order valence-electron chi connectivity index (χ1n) is 7.35. The molecule has 4 rings (SSSR count). The molecule has 4 aromatic rings. The summed E-state index contributed by atoms with van der Waals surface area (Å²) in [4.78, 5) is 24.3. The molecule has 4 aromatic heterocycles. The average Bonchev–Trinajstić information content (AvgIpc) is 3.15. The van der Waals surface area contributed by atoms with Crippen LogP contribution in [0.15, 0.2) is 60.0 Å². The molecule has 0 atom stereocenters. The van der Waals surface area contributed by atoms with Crippen LogP contribution < -0.4 is 5.69 Å². The van der Waals surface area contributed by atoms with E-state index in [1.54, 1.807) is 24.5 Å². The highest BCUT2D eigenvalue weighted by atomic mass is 19.4. The highest BCUT2D eigenvalue weighted by molar-refractivity contribution is 5.67. The molecular formula is C16H9F3N6O. The molecule has 0 radical (unpaired) electrons. The van der Waals surface area contributed by atoms with Crippen LogP contribution in [-0.2, 0) is 6.18 Å². The van der Waals surface area contributed by atoms with Gasteiger partial charge in [-0.1, -0.05) is 0 Å². The van der Waals surface area contributed by atoms with Crippen molar-refractivity contribution in [1.82, 2.24) is 29.1 Å². The number of hydrogen-bond acceptors (Lipinski definition) is 5. The van der Waals surface area contributed by atoms with Crippen molar-refractivity contribution in [2.45, 2.75) is 6.18 Å². The van der Waals surface area contributed by atoms with Crippen LogP contribution in [0.5, 0.6) is 0 Å². The molecule has 0 fully saturated rings. The molecule has 0 amide bonds. The first kappa shape index (κ1) is 15.9. The molecule has 0 bridgehead atoms. The number of alkyl halides is 3. The maximum absolute atomic E-state index is 12.8. The minimum atomic E-state index is -4.56. The third kappa shape index (κ3) is 2.70. The van der Waals surface area contributed by atoms with Gasteiger partial charge in [-0.2, -0.15) is 23.3 Å². The number of pyridine rings is 2. The van der Waals surface area contributed by atoms with E-state index in [2.05, 4.69) is 20.1 Å². The number of halogens is 3. The summed E-state index contributed by atoms with van der Waals surface area (Å²) in [6.45, 7) is 0. The van der Waals surface area contributed by atoms with Gasteiger partial charge < -0.3 is 0 Å². The SMILES string of the molecule is O=c1nc(-c2ccncc2-n2cccn2)nc2ccc(C(F)(F)F)cn12. The second-order valence-corrected chi connectivity index (χ2v) is 5.32. The molecule has 0 aliphatic rings. The maximum Gasteiger partial charge on any atom is 0.417 e. The van der Waals surface area contributed by atoms with Gasteiger partial charge in [0.05, 0.1) is 17.4 Å². The molecule has 26 heavy (non-hydrogen) atoms. The van der Waals surface area contributed by atoms with Gasteiger partial charge in [-0.25, -0.2) is 14.5 Å². The van der Waals surface area contributed by atoms with Crippen molar-refractivity contribution in [3.63, 3.8) is 0 Å². The molecule has 130 valence electrons. The lowest BCUT2D eigenvalue weighted by molar-refractivity contribution is -0.137. The average molecular weight is 358 g/mol. The third-order valence-corrected chi connectivity index (χ3v) is 3.67. The highest BCUT2D eigenvalue weighted by Crippen LogP contribution is 2.29. The quantitative estimate of drug-likeness (QED) is 0.550. The Morgan fingerprint density at radius 2 is 1.88 bits per heavy atom. The van der Waals surface area contributed by atoms with E-state index in [0.717, 1.165) is 16.5 Å². The number of nitrogens with zero attached hydrogens (tertiary/aromatic N) is 6. The molecule has 0 saturated carbocycles. The molecule has 0 aliphatic heterocycles. The van der Waals surface area contributed by atoms with Gasteiger partial charge in [0.25, 0.3) is 0 Å². The fraction of sp³-hybridized carbons (Fsp3) is 0.0625. The van der Waals surface area contributed by atoms with Crippen molar-refractivity contribution < 1.29 is 13.2 Å². The molecule has 0 spiro atoms. The van der Waals surface area contributed by atoms with Crippen molar-refractivity contribution in [3.05, 3.63) is 71.3 Å². The second-order valence-electron chi connectivity index (χ2n) is 5.32. The molecule has 0 unspecified atom stereocenters. The Labute approximate surface area is 143 Å². The minimum Gasteiger partial charge on any atom is -0.262 e. The van der Waals surface area contributed by atoms with E-state index in [9.17, 15) is 18.0 Å². The van der Waals surface area contributed by atoms with Crippen molar-refractivity contribution >= 4 is 5.65 Å². The normalized spacial score (nSPS) is 11.8. The molecule has 10 heteroatoms. The van der Waals surface area contributed by atoms with Crippen LogP contribution in [0.3, 0.4) is 0 Å². The molecule has 0 saturated heterocycles. The highest BCUT2D eigenvalue weighted by Gasteiger charge is 2.31. The second kappa shape index (κ2) is 5.76. The Kier molecular flexibility index (Phi) is 3.53. The standard InChI is InChI=1S/C16H9F3N6O/c17-16(18,19)10-2-3-13-22-14(23-15(26)24(13)9-10)11-4-6-20-8-12(11)25-7-1-5-21-25/h1-9H. The molecular weight excluding hydrogens is 349 g/mol. The summed E-state index contributed by atoms with van der Waals surface area (Å²) in [6.07, 6.45) is 2.41. The van der Waals surface area contributed by atoms with Gasteiger partial charge in [0, 0.05) is 30.4 Å². The van der Waals surface area contributed by atoms with Gasteiger partial charge in [-0.05, 0) is 24.3 Å². The van der Waals surface area contributed by atoms with E-state index < -0.39 is 17.4 Å². The summed E-state index contributed by atoms with van der Waals surface area (Å²) < 4.78 is 40.8. The minimum absolute atomic E-state index is 0.0521. The van der Waals surface area contributed by atoms with Crippen LogP contribution in [0.25, 0.3) is 22.7 Å². The number of fused-ring (bicyclic) bond motifs is 1. The Hall–Kier alpha value is -3.56. The van der Waals surface area contributed by atoms with Crippen molar-refractivity contribution in [1.29, 1.82) is 0 Å². The fourth-order valence-corrected chi connectivity index (χ4v) is 2.47. The van der Waals surface area contributed by atoms with Gasteiger partial charge in [-0.3, -0.25) is 9.38 Å². The zero-order valence-electron chi connectivity index (χ0n) is 12.9. The van der Waals surface area contributed by atoms with E-state index in [1.165, 1.54) is 17.1 Å². The van der Waals surface area contributed by atoms with E-state index in [1.807, 2.05) is 0 Å². The van der Waals surface area contributed by atoms with Crippen molar-refractivity contribution in [2.75, 3.05) is 0 Å². The van der Waals surface area contributed by atoms with Crippen LogP contribution in [0.2, 0.25) is 0 Å². The largest absolute Gasteiger partial charge is 0.417 e. The number of rotatable bonds is 2. The van der Waals surface area contributed by atoms with Crippen LogP contribution in [0, 0.1) is 0 Å². The summed E-state index contributed by atoms with van der Waals surface area (Å²) in [5, 5.41) is 4.11. The summed E-state index contributed by atoms with van der Waals surface area (Å²) in [6, 6.07) is 5.31. The Morgan fingerprint density at radius 3 is 2.62 bits per heavy atom. The lowest BCUT2D eigenvalue weighted by Crippen LogP contribution is -2.21. The predicted molar refractivity (Wildman–Crippen MR) is 84.6 cm³/mol. The zero-order valence-corrected chi connectivity index (χ0v) is 12.9. The third-order valence-electron chi connectivity index (χ3n) is 3.67. The Bertz CT molecular complexity index is 1150. The van der Waals surface area contributed by atoms with Gasteiger partial charge >= 0.3 is 11.9 Å². The monoisotopic (exact) mass is 358 g/mol. The lowest BCUT2D eigenvalue weighted by Gasteiger charge is -2.10. The van der Waals surface area contributed by atoms with Crippen LogP contribution in [0.4, 0.5) is 13.2 Å². The van der Waals surface area contributed by atoms with Crippen molar-refractivity contribution in [2.24, 2.45) is 0 Å². The fourth-order valence-electron chi connectivity index (χ4n) is 2.47. The van der Waals surface area contributed by atoms with Crippen LogP contribution in [0.1, 0.15) is 5.56 Å². The Morgan fingerprint density at radius 1 is 1.04 bits per heavy atom. The number of hydrogen-bond donors (Lipinski definition) is 0. The summed E-state index contributed by atoms with van der Waals surface area (Å²) in [5.74, 6) is 0.0719. The van der Waals surface area contributed by atoms with Gasteiger partial charge in [0.15, 0.2) is 5.82 Å². The molecule has 7 nitrogen and oxygen atoms in total. The first-order valence-corrected chi connectivity index (χ1v) is 7.35. The van der Waals surface area contributed by atoms with E-state index in [0.29, 0.717) is 17.4 Å². The smallest absolute Gasteiger partial charge is 0.262 e. The topological polar surface area (TPSA) is 78.0 Å². The van der Waals surface area contributed by atoms with E-state index in [-0.39, 0.29) is 11.5 Å². The molecule has 4 heterocycles. The van der Waals surface area contributed by atoms with Crippen LogP contribution >= 0.6 is 0 Å². The summed E-state index contributed by atoms with van der Waals surface area (Å²) in [7, 11) is 0. The van der Waals surface area contributed by atoms with Gasteiger partial charge in [-0.15, -0.1) is 0 Å². The lowest BCUT2D eigenvalue weighted by atomic mass is 10.2. The Balaban J connectivity index is 1.91. The van der Waals surface area contributed by atoms with Gasteiger partial charge in [0.2, 0.25) is 0 Å². The van der Waals surface area contributed by atoms with Gasteiger partial charge in [0.1, 0.15) is 5.65 Å². The van der Waals surface area contributed by atoms with E-state index in [4.69, 9.17) is 0 Å². The summed E-state index contributed by atoms with van der Waals surface area (Å²) in [5.41, 5.74) is -0.753. The maximum atomic E-state index is 12.8. The summed E-state index contributed by atoms with van der Waals surface area (Å²) >= 11 is 0.